The van der Waals surface area contributed by atoms with E-state index in [1.807, 2.05) is 30.3 Å². The lowest BCUT2D eigenvalue weighted by Crippen LogP contribution is -2.11. The molecule has 2 aromatic rings. The van der Waals surface area contributed by atoms with E-state index in [9.17, 15) is 0 Å². The lowest BCUT2D eigenvalue weighted by molar-refractivity contribution is 0.475. The second kappa shape index (κ2) is 6.91. The molecule has 0 saturated carbocycles. The zero-order valence-corrected chi connectivity index (χ0v) is 13.4. The number of nitrogens with one attached hydrogen (secondary N) is 1. The van der Waals surface area contributed by atoms with E-state index in [-0.39, 0.29) is 0 Å². The summed E-state index contributed by atoms with van der Waals surface area (Å²) >= 11 is 2.29. The Morgan fingerprint density at radius 1 is 1.11 bits per heavy atom. The van der Waals surface area contributed by atoms with Crippen molar-refractivity contribution in [2.24, 2.45) is 0 Å². The molecule has 2 aromatic carbocycles. The van der Waals surface area contributed by atoms with Gasteiger partial charge in [-0.1, -0.05) is 31.2 Å². The van der Waals surface area contributed by atoms with Crippen LogP contribution in [0.3, 0.4) is 0 Å². The highest BCUT2D eigenvalue weighted by Crippen LogP contribution is 2.29. The molecule has 0 aliphatic heterocycles. The SMILES string of the molecule is CCNCc1ccc(Oc2ccccc2I)c(C)c1. The third-order valence-corrected chi connectivity index (χ3v) is 3.77. The van der Waals surface area contributed by atoms with Crippen molar-refractivity contribution in [2.75, 3.05) is 6.54 Å². The first-order chi connectivity index (χ1) is 9.20. The van der Waals surface area contributed by atoms with E-state index < -0.39 is 0 Å². The molecule has 2 rings (SSSR count). The minimum absolute atomic E-state index is 0.903. The molecule has 0 unspecified atom stereocenters. The van der Waals surface area contributed by atoms with Gasteiger partial charge in [-0.25, -0.2) is 0 Å². The van der Waals surface area contributed by atoms with Crippen molar-refractivity contribution in [3.8, 4) is 11.5 Å². The van der Waals surface area contributed by atoms with E-state index in [1.165, 1.54) is 5.56 Å². The lowest BCUT2D eigenvalue weighted by Gasteiger charge is -2.11. The van der Waals surface area contributed by atoms with Crippen LogP contribution in [0.25, 0.3) is 0 Å². The number of para-hydroxylation sites is 1. The molecule has 100 valence electrons. The topological polar surface area (TPSA) is 21.3 Å². The van der Waals surface area contributed by atoms with E-state index >= 15 is 0 Å². The van der Waals surface area contributed by atoms with E-state index in [4.69, 9.17) is 4.74 Å². The van der Waals surface area contributed by atoms with Crippen LogP contribution in [-0.4, -0.2) is 6.54 Å². The molecule has 0 amide bonds. The summed E-state index contributed by atoms with van der Waals surface area (Å²) in [6.45, 7) is 6.09. The van der Waals surface area contributed by atoms with Crippen LogP contribution in [0.5, 0.6) is 11.5 Å². The van der Waals surface area contributed by atoms with Crippen molar-refractivity contribution < 1.29 is 4.74 Å². The Morgan fingerprint density at radius 2 is 1.89 bits per heavy atom. The van der Waals surface area contributed by atoms with Crippen LogP contribution in [0.4, 0.5) is 0 Å². The number of aryl methyl sites for hydroxylation is 1. The first-order valence-electron chi connectivity index (χ1n) is 6.43. The standard InChI is InChI=1S/C16H18INO/c1-3-18-11-13-8-9-15(12(2)10-13)19-16-7-5-4-6-14(16)17/h4-10,18H,3,11H2,1-2H3. The van der Waals surface area contributed by atoms with Crippen LogP contribution in [0, 0.1) is 10.5 Å². The van der Waals surface area contributed by atoms with E-state index in [2.05, 4.69) is 53.9 Å². The summed E-state index contributed by atoms with van der Waals surface area (Å²) in [5, 5.41) is 3.33. The van der Waals surface area contributed by atoms with Crippen molar-refractivity contribution in [3.63, 3.8) is 0 Å². The smallest absolute Gasteiger partial charge is 0.140 e. The van der Waals surface area contributed by atoms with Crippen molar-refractivity contribution in [1.29, 1.82) is 0 Å². The number of hydrogen-bond donors (Lipinski definition) is 1. The Kier molecular flexibility index (Phi) is 5.22. The molecule has 1 N–H and O–H groups in total. The van der Waals surface area contributed by atoms with Crippen molar-refractivity contribution in [1.82, 2.24) is 5.32 Å². The van der Waals surface area contributed by atoms with E-state index in [1.54, 1.807) is 0 Å². The van der Waals surface area contributed by atoms with Crippen LogP contribution in [0.1, 0.15) is 18.1 Å². The first-order valence-corrected chi connectivity index (χ1v) is 7.51. The summed E-state index contributed by atoms with van der Waals surface area (Å²) in [6, 6.07) is 14.4. The fourth-order valence-electron chi connectivity index (χ4n) is 1.85. The van der Waals surface area contributed by atoms with Gasteiger partial charge in [0.1, 0.15) is 11.5 Å². The molecular formula is C16H18INO. The predicted octanol–water partition coefficient (Wildman–Crippen LogP) is 4.50. The maximum atomic E-state index is 5.97. The number of benzene rings is 2. The zero-order chi connectivity index (χ0) is 13.7. The van der Waals surface area contributed by atoms with Gasteiger partial charge in [0.15, 0.2) is 0 Å². The van der Waals surface area contributed by atoms with Crippen molar-refractivity contribution >= 4 is 22.6 Å². The zero-order valence-electron chi connectivity index (χ0n) is 11.2. The summed E-state index contributed by atoms with van der Waals surface area (Å²) in [5.74, 6) is 1.83. The van der Waals surface area contributed by atoms with Crippen LogP contribution in [-0.2, 0) is 6.54 Å². The molecule has 19 heavy (non-hydrogen) atoms. The van der Waals surface area contributed by atoms with Gasteiger partial charge in [-0.05, 0) is 65.4 Å². The largest absolute Gasteiger partial charge is 0.456 e. The molecule has 0 aromatic heterocycles. The van der Waals surface area contributed by atoms with Gasteiger partial charge in [0.2, 0.25) is 0 Å². The molecular weight excluding hydrogens is 349 g/mol. The summed E-state index contributed by atoms with van der Waals surface area (Å²) in [5.41, 5.74) is 2.45. The van der Waals surface area contributed by atoms with Crippen LogP contribution < -0.4 is 10.1 Å². The van der Waals surface area contributed by atoms with E-state index in [0.717, 1.165) is 33.7 Å². The monoisotopic (exact) mass is 367 g/mol. The van der Waals surface area contributed by atoms with Gasteiger partial charge in [-0.3, -0.25) is 0 Å². The van der Waals surface area contributed by atoms with Gasteiger partial charge < -0.3 is 10.1 Å². The number of hydrogen-bond acceptors (Lipinski definition) is 2. The highest BCUT2D eigenvalue weighted by Gasteiger charge is 2.05. The maximum Gasteiger partial charge on any atom is 0.140 e. The Balaban J connectivity index is 2.15. The average molecular weight is 367 g/mol. The number of ether oxygens (including phenoxy) is 1. The Bertz CT molecular complexity index is 554. The highest BCUT2D eigenvalue weighted by atomic mass is 127. The molecule has 0 aliphatic carbocycles. The van der Waals surface area contributed by atoms with Gasteiger partial charge >= 0.3 is 0 Å². The lowest BCUT2D eigenvalue weighted by atomic mass is 10.1. The third kappa shape index (κ3) is 3.94. The second-order valence-corrected chi connectivity index (χ2v) is 5.57. The fourth-order valence-corrected chi connectivity index (χ4v) is 2.35. The summed E-state index contributed by atoms with van der Waals surface area (Å²) in [6.07, 6.45) is 0. The quantitative estimate of drug-likeness (QED) is 0.786. The Labute approximate surface area is 128 Å². The van der Waals surface area contributed by atoms with Gasteiger partial charge in [-0.2, -0.15) is 0 Å². The van der Waals surface area contributed by atoms with Gasteiger partial charge in [-0.15, -0.1) is 0 Å². The Morgan fingerprint density at radius 3 is 2.58 bits per heavy atom. The molecule has 0 spiro atoms. The minimum Gasteiger partial charge on any atom is -0.456 e. The first kappa shape index (κ1) is 14.3. The number of halogens is 1. The van der Waals surface area contributed by atoms with Crippen LogP contribution in [0.2, 0.25) is 0 Å². The summed E-state index contributed by atoms with van der Waals surface area (Å²) in [7, 11) is 0. The number of rotatable bonds is 5. The molecule has 3 heteroatoms. The third-order valence-electron chi connectivity index (χ3n) is 2.88. The summed E-state index contributed by atoms with van der Waals surface area (Å²) < 4.78 is 7.09. The Hall–Kier alpha value is -1.07. The average Bonchev–Trinajstić information content (AvgIpc) is 2.41. The molecule has 0 bridgehead atoms. The fraction of sp³-hybridized carbons (Fsp3) is 0.250. The van der Waals surface area contributed by atoms with Gasteiger partial charge in [0.25, 0.3) is 0 Å². The molecule has 0 heterocycles. The molecule has 0 atom stereocenters. The highest BCUT2D eigenvalue weighted by molar-refractivity contribution is 14.1. The molecule has 0 fully saturated rings. The van der Waals surface area contributed by atoms with E-state index in [0.29, 0.717) is 0 Å². The van der Waals surface area contributed by atoms with Crippen molar-refractivity contribution in [2.45, 2.75) is 20.4 Å². The molecule has 2 nitrogen and oxygen atoms in total. The normalized spacial score (nSPS) is 10.5. The second-order valence-electron chi connectivity index (χ2n) is 4.41. The van der Waals surface area contributed by atoms with Crippen LogP contribution >= 0.6 is 22.6 Å². The van der Waals surface area contributed by atoms with Gasteiger partial charge in [0.05, 0.1) is 3.57 Å². The van der Waals surface area contributed by atoms with Crippen LogP contribution in [0.15, 0.2) is 42.5 Å². The predicted molar refractivity (Wildman–Crippen MR) is 87.8 cm³/mol. The summed E-state index contributed by atoms with van der Waals surface area (Å²) in [4.78, 5) is 0. The molecule has 0 aliphatic rings. The maximum absolute atomic E-state index is 5.97. The molecule has 0 saturated heterocycles. The van der Waals surface area contributed by atoms with Crippen molar-refractivity contribution in [3.05, 3.63) is 57.2 Å². The van der Waals surface area contributed by atoms with Gasteiger partial charge in [0, 0.05) is 6.54 Å². The molecule has 0 radical (unpaired) electrons. The minimum atomic E-state index is 0.903.